The van der Waals surface area contributed by atoms with E-state index in [4.69, 9.17) is 11.6 Å². The van der Waals surface area contributed by atoms with Crippen molar-refractivity contribution in [2.75, 3.05) is 0 Å². The number of benzene rings is 1. The zero-order valence-electron chi connectivity index (χ0n) is 7.62. The van der Waals surface area contributed by atoms with Crippen LogP contribution in [0.5, 0.6) is 0 Å². The molecule has 0 aliphatic carbocycles. The molecule has 2 aromatic heterocycles. The molecule has 1 aromatic carbocycles. The molecule has 1 nitrogen and oxygen atoms in total. The molecule has 0 fully saturated rings. The van der Waals surface area contributed by atoms with Gasteiger partial charge < -0.3 is 4.57 Å². The van der Waals surface area contributed by atoms with Gasteiger partial charge in [-0.05, 0) is 29.6 Å². The maximum absolute atomic E-state index is 5.99. The monoisotopic (exact) mass is 221 g/mol. The number of hydrogen-bond acceptors (Lipinski definition) is 1. The van der Waals surface area contributed by atoms with Crippen LogP contribution in [0.2, 0.25) is 5.02 Å². The molecule has 0 saturated heterocycles. The van der Waals surface area contributed by atoms with Crippen LogP contribution in [0.1, 0.15) is 0 Å². The molecule has 0 radical (unpaired) electrons. The van der Waals surface area contributed by atoms with Gasteiger partial charge in [0.25, 0.3) is 0 Å². The van der Waals surface area contributed by atoms with Gasteiger partial charge in [0.15, 0.2) is 0 Å². The number of rotatable bonds is 0. The van der Waals surface area contributed by atoms with E-state index < -0.39 is 0 Å². The minimum absolute atomic E-state index is 0.802. The van der Waals surface area contributed by atoms with Crippen LogP contribution in [-0.4, -0.2) is 4.57 Å². The van der Waals surface area contributed by atoms with Crippen molar-refractivity contribution in [3.8, 4) is 0 Å². The van der Waals surface area contributed by atoms with Gasteiger partial charge in [-0.15, -0.1) is 11.3 Å². The molecule has 0 aliphatic rings. The second-order valence-corrected chi connectivity index (χ2v) is 4.69. The number of halogens is 1. The van der Waals surface area contributed by atoms with E-state index in [0.717, 1.165) is 5.02 Å². The maximum Gasteiger partial charge on any atom is 0.103 e. The Kier molecular flexibility index (Phi) is 1.64. The summed E-state index contributed by atoms with van der Waals surface area (Å²) in [6.45, 7) is 0. The molecular weight excluding hydrogens is 214 g/mol. The van der Waals surface area contributed by atoms with E-state index in [0.29, 0.717) is 0 Å². The van der Waals surface area contributed by atoms with E-state index in [1.807, 2.05) is 12.1 Å². The van der Waals surface area contributed by atoms with Crippen molar-refractivity contribution >= 4 is 44.1 Å². The highest BCUT2D eigenvalue weighted by atomic mass is 35.5. The second kappa shape index (κ2) is 2.75. The molecule has 0 aliphatic heterocycles. The van der Waals surface area contributed by atoms with Gasteiger partial charge in [-0.25, -0.2) is 0 Å². The van der Waals surface area contributed by atoms with Crippen molar-refractivity contribution in [3.63, 3.8) is 0 Å². The molecule has 3 rings (SSSR count). The van der Waals surface area contributed by atoms with Gasteiger partial charge in [-0.1, -0.05) is 11.6 Å². The van der Waals surface area contributed by atoms with Gasteiger partial charge in [0.2, 0.25) is 0 Å². The summed E-state index contributed by atoms with van der Waals surface area (Å²) in [5.74, 6) is 0. The molecule has 0 atom stereocenters. The van der Waals surface area contributed by atoms with E-state index in [2.05, 4.69) is 29.1 Å². The number of aromatic nitrogens is 1. The third kappa shape index (κ3) is 0.954. The van der Waals surface area contributed by atoms with Crippen molar-refractivity contribution in [1.29, 1.82) is 0 Å². The lowest BCUT2D eigenvalue weighted by Gasteiger charge is -1.96. The summed E-state index contributed by atoms with van der Waals surface area (Å²) in [4.78, 5) is 1.31. The molecule has 0 bridgehead atoms. The second-order valence-electron chi connectivity index (χ2n) is 3.36. The van der Waals surface area contributed by atoms with Crippen LogP contribution in [0.4, 0.5) is 0 Å². The van der Waals surface area contributed by atoms with Crippen LogP contribution >= 0.6 is 22.9 Å². The number of nitrogens with zero attached hydrogens (tertiary/aromatic N) is 1. The quantitative estimate of drug-likeness (QED) is 0.540. The summed E-state index contributed by atoms with van der Waals surface area (Å²) in [6.07, 6.45) is 0. The molecule has 2 heterocycles. The smallest absolute Gasteiger partial charge is 0.103 e. The Bertz CT molecular complexity index is 621. The summed E-state index contributed by atoms with van der Waals surface area (Å²) < 4.78 is 2.21. The van der Waals surface area contributed by atoms with Gasteiger partial charge >= 0.3 is 0 Å². The summed E-state index contributed by atoms with van der Waals surface area (Å²) in [5, 5.41) is 5.47. The summed E-state index contributed by atoms with van der Waals surface area (Å²) in [5.41, 5.74) is 1.25. The molecule has 0 unspecified atom stereocenters. The van der Waals surface area contributed by atoms with E-state index in [9.17, 15) is 0 Å². The Morgan fingerprint density at radius 2 is 2.07 bits per heavy atom. The fourth-order valence-electron chi connectivity index (χ4n) is 1.89. The first kappa shape index (κ1) is 8.33. The van der Waals surface area contributed by atoms with Crippen molar-refractivity contribution in [2.45, 2.75) is 0 Å². The first-order valence-corrected chi connectivity index (χ1v) is 5.64. The number of aryl methyl sites for hydroxylation is 1. The molecule has 70 valence electrons. The van der Waals surface area contributed by atoms with Gasteiger partial charge in [-0.3, -0.25) is 0 Å². The zero-order chi connectivity index (χ0) is 9.71. The Morgan fingerprint density at radius 1 is 1.21 bits per heavy atom. The molecule has 0 saturated carbocycles. The van der Waals surface area contributed by atoms with Gasteiger partial charge in [-0.2, -0.15) is 0 Å². The SMILES string of the molecule is Cn1c2ccc(Cl)cc2c2ccsc21. The largest absolute Gasteiger partial charge is 0.335 e. The molecule has 0 spiro atoms. The lowest BCUT2D eigenvalue weighted by molar-refractivity contribution is 1.02. The highest BCUT2D eigenvalue weighted by Gasteiger charge is 2.08. The Hall–Kier alpha value is -0.990. The normalized spacial score (nSPS) is 11.6. The summed E-state index contributed by atoms with van der Waals surface area (Å²) in [6, 6.07) is 8.20. The average molecular weight is 222 g/mol. The van der Waals surface area contributed by atoms with E-state index in [1.165, 1.54) is 21.1 Å². The van der Waals surface area contributed by atoms with Gasteiger partial charge in [0.1, 0.15) is 4.83 Å². The van der Waals surface area contributed by atoms with E-state index in [-0.39, 0.29) is 0 Å². The average Bonchev–Trinajstić information content (AvgIpc) is 2.71. The van der Waals surface area contributed by atoms with E-state index >= 15 is 0 Å². The topological polar surface area (TPSA) is 4.93 Å². The molecule has 3 heteroatoms. The Labute approximate surface area is 90.5 Å². The van der Waals surface area contributed by atoms with Crippen molar-refractivity contribution in [3.05, 3.63) is 34.7 Å². The van der Waals surface area contributed by atoms with Crippen LogP contribution in [0.15, 0.2) is 29.6 Å². The maximum atomic E-state index is 5.99. The predicted molar refractivity (Wildman–Crippen MR) is 63.3 cm³/mol. The summed E-state index contributed by atoms with van der Waals surface area (Å²) in [7, 11) is 2.09. The first-order chi connectivity index (χ1) is 6.77. The predicted octanol–water partition coefficient (Wildman–Crippen LogP) is 4.05. The number of thiophene rings is 1. The highest BCUT2D eigenvalue weighted by molar-refractivity contribution is 7.17. The van der Waals surface area contributed by atoms with Crippen LogP contribution in [-0.2, 0) is 7.05 Å². The molecule has 14 heavy (non-hydrogen) atoms. The van der Waals surface area contributed by atoms with Crippen molar-refractivity contribution in [1.82, 2.24) is 4.57 Å². The summed E-state index contributed by atoms with van der Waals surface area (Å²) >= 11 is 7.75. The number of fused-ring (bicyclic) bond motifs is 3. The van der Waals surface area contributed by atoms with Crippen molar-refractivity contribution < 1.29 is 0 Å². The lowest BCUT2D eigenvalue weighted by Crippen LogP contribution is -1.83. The fraction of sp³-hybridized carbons (Fsp3) is 0.0909. The van der Waals surface area contributed by atoms with Crippen LogP contribution < -0.4 is 0 Å². The highest BCUT2D eigenvalue weighted by Crippen LogP contribution is 2.32. The van der Waals surface area contributed by atoms with Gasteiger partial charge in [0, 0.05) is 28.4 Å². The Morgan fingerprint density at radius 3 is 2.93 bits per heavy atom. The van der Waals surface area contributed by atoms with Gasteiger partial charge in [0.05, 0.1) is 0 Å². The molecule has 0 amide bonds. The van der Waals surface area contributed by atoms with Crippen LogP contribution in [0.25, 0.3) is 21.1 Å². The van der Waals surface area contributed by atoms with E-state index in [1.54, 1.807) is 11.3 Å². The minimum atomic E-state index is 0.802. The van der Waals surface area contributed by atoms with Crippen LogP contribution in [0.3, 0.4) is 0 Å². The third-order valence-corrected chi connectivity index (χ3v) is 3.78. The zero-order valence-corrected chi connectivity index (χ0v) is 9.19. The molecule has 3 aromatic rings. The Balaban J connectivity index is 2.65. The van der Waals surface area contributed by atoms with Crippen molar-refractivity contribution in [2.24, 2.45) is 7.05 Å². The number of hydrogen-bond donors (Lipinski definition) is 0. The third-order valence-electron chi connectivity index (χ3n) is 2.56. The first-order valence-electron chi connectivity index (χ1n) is 4.38. The minimum Gasteiger partial charge on any atom is -0.335 e. The van der Waals surface area contributed by atoms with Crippen LogP contribution in [0, 0.1) is 0 Å². The standard InChI is InChI=1S/C11H8ClNS/c1-13-10-3-2-7(12)6-9(10)8-4-5-14-11(8)13/h2-6H,1H3. The molecule has 0 N–H and O–H groups in total. The molecular formula is C11H8ClNS. The fourth-order valence-corrected chi connectivity index (χ4v) is 2.96. The lowest BCUT2D eigenvalue weighted by atomic mass is 10.2.